The lowest BCUT2D eigenvalue weighted by atomic mass is 10.2. The summed E-state index contributed by atoms with van der Waals surface area (Å²) in [5.41, 5.74) is 1.65. The summed E-state index contributed by atoms with van der Waals surface area (Å²) in [6.07, 6.45) is 0. The van der Waals surface area contributed by atoms with E-state index >= 15 is 0 Å². The fourth-order valence-corrected chi connectivity index (χ4v) is 3.87. The molecule has 0 fully saturated rings. The second-order valence-corrected chi connectivity index (χ2v) is 7.93. The van der Waals surface area contributed by atoms with Crippen molar-refractivity contribution in [1.29, 1.82) is 0 Å². The van der Waals surface area contributed by atoms with E-state index in [-0.39, 0.29) is 24.1 Å². The Morgan fingerprint density at radius 2 is 1.57 bits per heavy atom. The number of benzene rings is 2. The highest BCUT2D eigenvalue weighted by atomic mass is 35.5. The number of amides is 1. The van der Waals surface area contributed by atoms with E-state index in [0.717, 1.165) is 19.6 Å². The molecule has 154 valence electrons. The number of nitrogens with one attached hydrogen (secondary N) is 2. The van der Waals surface area contributed by atoms with Crippen molar-refractivity contribution in [3.05, 3.63) is 65.7 Å². The third-order valence-corrected chi connectivity index (χ3v) is 5.49. The van der Waals surface area contributed by atoms with Crippen LogP contribution in [0.2, 0.25) is 0 Å². The van der Waals surface area contributed by atoms with Crippen LogP contribution >= 0.6 is 12.4 Å². The maximum atomic E-state index is 12.3. The molecule has 2 aromatic carbocycles. The van der Waals surface area contributed by atoms with Gasteiger partial charge in [-0.3, -0.25) is 9.52 Å². The molecule has 2 N–H and O–H groups in total. The molecular weight excluding hydrogens is 398 g/mol. The zero-order valence-electron chi connectivity index (χ0n) is 16.2. The maximum Gasteiger partial charge on any atom is 0.251 e. The molecule has 2 rings (SSSR count). The van der Waals surface area contributed by atoms with Crippen LogP contribution in [0.25, 0.3) is 0 Å². The molecule has 0 saturated carbocycles. The number of carbonyl (C=O) groups excluding carboxylic acids is 1. The van der Waals surface area contributed by atoms with Crippen LogP contribution in [-0.4, -0.2) is 45.4 Å². The number of rotatable bonds is 10. The van der Waals surface area contributed by atoms with Gasteiger partial charge >= 0.3 is 0 Å². The van der Waals surface area contributed by atoms with Crippen LogP contribution in [0.1, 0.15) is 29.8 Å². The van der Waals surface area contributed by atoms with Gasteiger partial charge in [0.05, 0.1) is 5.75 Å². The molecule has 0 unspecified atom stereocenters. The van der Waals surface area contributed by atoms with Gasteiger partial charge in [0.1, 0.15) is 0 Å². The van der Waals surface area contributed by atoms with Gasteiger partial charge in [-0.1, -0.05) is 44.2 Å². The molecule has 0 aliphatic heterocycles. The Hall–Kier alpha value is -2.09. The molecule has 0 saturated heterocycles. The number of carbonyl (C=O) groups is 1. The van der Waals surface area contributed by atoms with Crippen molar-refractivity contribution < 1.29 is 13.2 Å². The summed E-state index contributed by atoms with van der Waals surface area (Å²) in [5.74, 6) is -0.262. The van der Waals surface area contributed by atoms with E-state index in [4.69, 9.17) is 0 Å². The SMILES string of the molecule is CCN(CC)CCNC(=O)c1ccc(NS(=O)(=O)Cc2ccccc2)cc1.Cl. The standard InChI is InChI=1S/C20H27N3O3S.ClH/c1-3-23(4-2)15-14-21-20(24)18-10-12-19(13-11-18)22-27(25,26)16-17-8-6-5-7-9-17;/h5-13,22H,3-4,14-16H2,1-2H3,(H,21,24);1H. The quantitative estimate of drug-likeness (QED) is 0.613. The van der Waals surface area contributed by atoms with Crippen molar-refractivity contribution in [3.63, 3.8) is 0 Å². The molecule has 0 atom stereocenters. The summed E-state index contributed by atoms with van der Waals surface area (Å²) in [6, 6.07) is 15.4. The second kappa shape index (κ2) is 11.7. The first-order valence-corrected chi connectivity index (χ1v) is 10.7. The van der Waals surface area contributed by atoms with Gasteiger partial charge in [0.2, 0.25) is 10.0 Å². The number of anilines is 1. The zero-order chi connectivity index (χ0) is 19.7. The summed E-state index contributed by atoms with van der Waals surface area (Å²) < 4.78 is 27.1. The average molecular weight is 426 g/mol. The smallest absolute Gasteiger partial charge is 0.251 e. The van der Waals surface area contributed by atoms with Gasteiger partial charge in [-0.2, -0.15) is 0 Å². The van der Waals surface area contributed by atoms with E-state index in [2.05, 4.69) is 28.8 Å². The minimum absolute atomic E-state index is 0. The Balaban J connectivity index is 0.00000392. The van der Waals surface area contributed by atoms with Crippen LogP contribution in [0.3, 0.4) is 0 Å². The van der Waals surface area contributed by atoms with E-state index in [0.29, 0.717) is 23.4 Å². The van der Waals surface area contributed by atoms with Gasteiger partial charge in [-0.15, -0.1) is 12.4 Å². The lowest BCUT2D eigenvalue weighted by Gasteiger charge is -2.18. The Morgan fingerprint density at radius 3 is 2.14 bits per heavy atom. The fraction of sp³-hybridized carbons (Fsp3) is 0.350. The van der Waals surface area contributed by atoms with E-state index in [9.17, 15) is 13.2 Å². The molecule has 0 aliphatic carbocycles. The lowest BCUT2D eigenvalue weighted by molar-refractivity contribution is 0.0949. The molecule has 28 heavy (non-hydrogen) atoms. The van der Waals surface area contributed by atoms with E-state index < -0.39 is 10.0 Å². The van der Waals surface area contributed by atoms with Crippen molar-refractivity contribution in [2.75, 3.05) is 30.9 Å². The van der Waals surface area contributed by atoms with Crippen LogP contribution in [0, 0.1) is 0 Å². The van der Waals surface area contributed by atoms with Crippen LogP contribution in [-0.2, 0) is 15.8 Å². The largest absolute Gasteiger partial charge is 0.351 e. The van der Waals surface area contributed by atoms with Gasteiger partial charge in [0.25, 0.3) is 5.91 Å². The first kappa shape index (κ1) is 23.9. The van der Waals surface area contributed by atoms with Gasteiger partial charge in [-0.05, 0) is 42.9 Å². The van der Waals surface area contributed by atoms with Crippen molar-refractivity contribution in [1.82, 2.24) is 10.2 Å². The van der Waals surface area contributed by atoms with Gasteiger partial charge < -0.3 is 10.2 Å². The molecule has 2 aromatic rings. The summed E-state index contributed by atoms with van der Waals surface area (Å²) in [6.45, 7) is 7.45. The van der Waals surface area contributed by atoms with Crippen molar-refractivity contribution in [2.45, 2.75) is 19.6 Å². The Morgan fingerprint density at radius 1 is 0.964 bits per heavy atom. The molecule has 0 aromatic heterocycles. The minimum Gasteiger partial charge on any atom is -0.351 e. The van der Waals surface area contributed by atoms with Crippen LogP contribution < -0.4 is 10.0 Å². The highest BCUT2D eigenvalue weighted by molar-refractivity contribution is 7.91. The molecule has 0 heterocycles. The van der Waals surface area contributed by atoms with Gasteiger partial charge in [0, 0.05) is 24.3 Å². The monoisotopic (exact) mass is 425 g/mol. The van der Waals surface area contributed by atoms with Crippen LogP contribution in [0.5, 0.6) is 0 Å². The van der Waals surface area contributed by atoms with Crippen molar-refractivity contribution in [3.8, 4) is 0 Å². The van der Waals surface area contributed by atoms with E-state index in [1.54, 1.807) is 48.5 Å². The van der Waals surface area contributed by atoms with E-state index in [1.165, 1.54) is 0 Å². The molecule has 6 nitrogen and oxygen atoms in total. The maximum absolute atomic E-state index is 12.3. The number of nitrogens with zero attached hydrogens (tertiary/aromatic N) is 1. The molecule has 0 bridgehead atoms. The third kappa shape index (κ3) is 7.88. The number of hydrogen-bond donors (Lipinski definition) is 2. The van der Waals surface area contributed by atoms with E-state index in [1.807, 2.05) is 6.07 Å². The molecule has 0 spiro atoms. The highest BCUT2D eigenvalue weighted by Gasteiger charge is 2.12. The Kier molecular flexibility index (Phi) is 9.99. The minimum atomic E-state index is -3.51. The molecule has 0 aliphatic rings. The fourth-order valence-electron chi connectivity index (χ4n) is 2.67. The van der Waals surface area contributed by atoms with Crippen LogP contribution in [0.4, 0.5) is 5.69 Å². The van der Waals surface area contributed by atoms with Crippen LogP contribution in [0.15, 0.2) is 54.6 Å². The lowest BCUT2D eigenvalue weighted by Crippen LogP contribution is -2.34. The number of sulfonamides is 1. The van der Waals surface area contributed by atoms with Crippen molar-refractivity contribution >= 4 is 34.0 Å². The molecule has 0 radical (unpaired) electrons. The van der Waals surface area contributed by atoms with Crippen molar-refractivity contribution in [2.24, 2.45) is 0 Å². The third-order valence-electron chi connectivity index (χ3n) is 4.23. The van der Waals surface area contributed by atoms with Gasteiger partial charge in [0.15, 0.2) is 0 Å². The topological polar surface area (TPSA) is 78.5 Å². The predicted molar refractivity (Wildman–Crippen MR) is 116 cm³/mol. The first-order valence-electron chi connectivity index (χ1n) is 9.08. The Labute approximate surface area is 173 Å². The number of halogens is 1. The number of hydrogen-bond acceptors (Lipinski definition) is 4. The molecule has 8 heteroatoms. The summed E-state index contributed by atoms with van der Waals surface area (Å²) in [5, 5.41) is 2.88. The summed E-state index contributed by atoms with van der Waals surface area (Å²) >= 11 is 0. The second-order valence-electron chi connectivity index (χ2n) is 6.21. The summed E-state index contributed by atoms with van der Waals surface area (Å²) in [4.78, 5) is 14.4. The highest BCUT2D eigenvalue weighted by Crippen LogP contribution is 2.14. The summed E-state index contributed by atoms with van der Waals surface area (Å²) in [7, 11) is -3.51. The normalized spacial score (nSPS) is 11.0. The average Bonchev–Trinajstić information content (AvgIpc) is 2.65. The zero-order valence-corrected chi connectivity index (χ0v) is 17.9. The van der Waals surface area contributed by atoms with Gasteiger partial charge in [-0.25, -0.2) is 8.42 Å². The Bertz CT molecular complexity index is 824. The molecule has 1 amide bonds. The number of likely N-dealkylation sites (N-methyl/N-ethyl adjacent to an activating group) is 1. The predicted octanol–water partition coefficient (Wildman–Crippen LogP) is 3.12. The molecular formula is C20H28ClN3O3S. The first-order chi connectivity index (χ1) is 12.9.